The Bertz CT molecular complexity index is 789. The average Bonchev–Trinajstić information content (AvgIpc) is 2.66. The molecule has 0 aromatic heterocycles. The second kappa shape index (κ2) is 9.34. The van der Waals surface area contributed by atoms with E-state index in [0.29, 0.717) is 5.69 Å². The van der Waals surface area contributed by atoms with Crippen LogP contribution in [0.2, 0.25) is 0 Å². The number of azide groups is 1. The molecule has 0 saturated heterocycles. The maximum absolute atomic E-state index is 8.45. The van der Waals surface area contributed by atoms with E-state index in [0.717, 1.165) is 44.0 Å². The smallest absolute Gasteiger partial charge is 0.161 e. The molecule has 26 heavy (non-hydrogen) atoms. The standard InChI is InChI=1S/C19H22N4O2.ClH/c1-24-18-11-15-8-10-23(13-16(15)12-19(18)25-2)9-7-14-3-5-17(6-4-14)21-22-20;/h3-6,11-12H,7-10,13H2,1-2H3;1H. The third-order valence-electron chi connectivity index (χ3n) is 4.61. The number of benzene rings is 2. The van der Waals surface area contributed by atoms with Crippen LogP contribution < -0.4 is 9.47 Å². The lowest BCUT2D eigenvalue weighted by Gasteiger charge is -2.29. The molecule has 0 unspecified atom stereocenters. The van der Waals surface area contributed by atoms with Crippen molar-refractivity contribution >= 4 is 18.1 Å². The first kappa shape index (κ1) is 19.9. The molecule has 0 bridgehead atoms. The number of methoxy groups -OCH3 is 2. The maximum atomic E-state index is 8.45. The van der Waals surface area contributed by atoms with Crippen molar-refractivity contribution in [1.29, 1.82) is 0 Å². The van der Waals surface area contributed by atoms with Gasteiger partial charge in [-0.15, -0.1) is 12.4 Å². The highest BCUT2D eigenvalue weighted by Gasteiger charge is 2.19. The molecule has 6 nitrogen and oxygen atoms in total. The van der Waals surface area contributed by atoms with Crippen molar-refractivity contribution in [3.05, 3.63) is 63.5 Å². The molecule has 0 fully saturated rings. The van der Waals surface area contributed by atoms with Crippen molar-refractivity contribution in [2.45, 2.75) is 19.4 Å². The monoisotopic (exact) mass is 374 g/mol. The van der Waals surface area contributed by atoms with E-state index in [9.17, 15) is 0 Å². The van der Waals surface area contributed by atoms with Gasteiger partial charge in [-0.2, -0.15) is 0 Å². The summed E-state index contributed by atoms with van der Waals surface area (Å²) in [5.74, 6) is 1.59. The fraction of sp³-hybridized carbons (Fsp3) is 0.368. The molecule has 2 aromatic carbocycles. The fourth-order valence-electron chi connectivity index (χ4n) is 3.20. The molecule has 0 aliphatic carbocycles. The van der Waals surface area contributed by atoms with Crippen LogP contribution in [0.3, 0.4) is 0 Å². The summed E-state index contributed by atoms with van der Waals surface area (Å²) in [6, 6.07) is 12.0. The number of halogens is 1. The van der Waals surface area contributed by atoms with Crippen molar-refractivity contribution in [3.63, 3.8) is 0 Å². The molecule has 0 amide bonds. The van der Waals surface area contributed by atoms with Gasteiger partial charge in [0.25, 0.3) is 0 Å². The zero-order chi connectivity index (χ0) is 17.6. The minimum Gasteiger partial charge on any atom is -0.493 e. The zero-order valence-electron chi connectivity index (χ0n) is 15.0. The van der Waals surface area contributed by atoms with Crippen LogP contribution >= 0.6 is 12.4 Å². The van der Waals surface area contributed by atoms with Crippen LogP contribution in [0.5, 0.6) is 11.5 Å². The Balaban J connectivity index is 0.00000243. The predicted octanol–water partition coefficient (Wildman–Crippen LogP) is 4.67. The number of nitrogens with zero attached hydrogens (tertiary/aromatic N) is 4. The summed E-state index contributed by atoms with van der Waals surface area (Å²) < 4.78 is 10.8. The molecule has 0 spiro atoms. The van der Waals surface area contributed by atoms with Gasteiger partial charge in [0.1, 0.15) is 0 Å². The number of ether oxygens (including phenoxy) is 2. The van der Waals surface area contributed by atoms with E-state index >= 15 is 0 Å². The molecule has 138 valence electrons. The average molecular weight is 375 g/mol. The summed E-state index contributed by atoms with van der Waals surface area (Å²) in [6.07, 6.45) is 1.99. The Morgan fingerprint density at radius 1 is 1.08 bits per heavy atom. The van der Waals surface area contributed by atoms with E-state index < -0.39 is 0 Å². The van der Waals surface area contributed by atoms with Crippen molar-refractivity contribution in [1.82, 2.24) is 4.90 Å². The number of hydrogen-bond acceptors (Lipinski definition) is 4. The van der Waals surface area contributed by atoms with E-state index in [1.807, 2.05) is 24.3 Å². The molecule has 0 saturated carbocycles. The summed E-state index contributed by atoms with van der Waals surface area (Å²) in [4.78, 5) is 5.25. The van der Waals surface area contributed by atoms with Gasteiger partial charge in [0.15, 0.2) is 11.5 Å². The van der Waals surface area contributed by atoms with Gasteiger partial charge in [0.2, 0.25) is 0 Å². The van der Waals surface area contributed by atoms with Crippen molar-refractivity contribution in [2.75, 3.05) is 27.3 Å². The Morgan fingerprint density at radius 2 is 1.73 bits per heavy atom. The molecule has 1 aliphatic rings. The predicted molar refractivity (Wildman–Crippen MR) is 105 cm³/mol. The van der Waals surface area contributed by atoms with E-state index in [-0.39, 0.29) is 12.4 Å². The van der Waals surface area contributed by atoms with Gasteiger partial charge in [-0.3, -0.25) is 4.90 Å². The molecule has 3 rings (SSSR count). The summed E-state index contributed by atoms with van der Waals surface area (Å²) in [5, 5.41) is 3.60. The Kier molecular flexibility index (Phi) is 7.16. The molecule has 1 aliphatic heterocycles. The minimum atomic E-state index is 0. The highest BCUT2D eigenvalue weighted by Crippen LogP contribution is 2.33. The van der Waals surface area contributed by atoms with Crippen LogP contribution in [-0.4, -0.2) is 32.2 Å². The molecule has 0 atom stereocenters. The highest BCUT2D eigenvalue weighted by molar-refractivity contribution is 5.85. The molecule has 1 heterocycles. The summed E-state index contributed by atoms with van der Waals surface area (Å²) in [5.41, 5.74) is 13.0. The number of fused-ring (bicyclic) bond motifs is 1. The SMILES string of the molecule is COc1cc2c(cc1OC)CN(CCc1ccc(N=[N+]=[N-])cc1)CC2.Cl. The lowest BCUT2D eigenvalue weighted by atomic mass is 9.98. The van der Waals surface area contributed by atoms with Crippen molar-refractivity contribution < 1.29 is 9.47 Å². The van der Waals surface area contributed by atoms with Gasteiger partial charge in [-0.1, -0.05) is 29.4 Å². The molecule has 0 radical (unpaired) electrons. The Hall–Kier alpha value is -2.40. The second-order valence-corrected chi connectivity index (χ2v) is 6.11. The van der Waals surface area contributed by atoms with Crippen molar-refractivity contribution in [2.24, 2.45) is 5.11 Å². The van der Waals surface area contributed by atoms with Crippen LogP contribution in [0.4, 0.5) is 5.69 Å². The van der Waals surface area contributed by atoms with Gasteiger partial charge in [0, 0.05) is 30.2 Å². The first-order valence-electron chi connectivity index (χ1n) is 8.33. The summed E-state index contributed by atoms with van der Waals surface area (Å²) >= 11 is 0. The van der Waals surface area contributed by atoms with E-state index in [1.165, 1.54) is 16.7 Å². The first-order chi connectivity index (χ1) is 12.2. The largest absolute Gasteiger partial charge is 0.493 e. The van der Waals surface area contributed by atoms with Gasteiger partial charge in [-0.05, 0) is 47.2 Å². The summed E-state index contributed by atoms with van der Waals surface area (Å²) in [6.45, 7) is 2.96. The quantitative estimate of drug-likeness (QED) is 0.419. The summed E-state index contributed by atoms with van der Waals surface area (Å²) in [7, 11) is 3.34. The second-order valence-electron chi connectivity index (χ2n) is 6.11. The third-order valence-corrected chi connectivity index (χ3v) is 4.61. The molecular weight excluding hydrogens is 352 g/mol. The Labute approximate surface area is 159 Å². The molecule has 0 N–H and O–H groups in total. The van der Waals surface area contributed by atoms with Crippen LogP contribution in [0.1, 0.15) is 16.7 Å². The van der Waals surface area contributed by atoms with Gasteiger partial charge in [0.05, 0.1) is 14.2 Å². The molecule has 7 heteroatoms. The van der Waals surface area contributed by atoms with Gasteiger partial charge >= 0.3 is 0 Å². The maximum Gasteiger partial charge on any atom is 0.161 e. The van der Waals surface area contributed by atoms with Crippen LogP contribution in [0.25, 0.3) is 10.4 Å². The highest BCUT2D eigenvalue weighted by atomic mass is 35.5. The first-order valence-corrected chi connectivity index (χ1v) is 8.33. The molecular formula is C19H23ClN4O2. The van der Waals surface area contributed by atoms with Gasteiger partial charge < -0.3 is 9.47 Å². The normalized spacial score (nSPS) is 13.2. The third kappa shape index (κ3) is 4.61. The van der Waals surface area contributed by atoms with Gasteiger partial charge in [-0.25, -0.2) is 0 Å². The van der Waals surface area contributed by atoms with E-state index in [1.54, 1.807) is 14.2 Å². The molecule has 2 aromatic rings. The lowest BCUT2D eigenvalue weighted by molar-refractivity contribution is 0.255. The van der Waals surface area contributed by atoms with Crippen LogP contribution in [0, 0.1) is 0 Å². The van der Waals surface area contributed by atoms with E-state index in [2.05, 4.69) is 27.1 Å². The lowest BCUT2D eigenvalue weighted by Crippen LogP contribution is -2.32. The number of rotatable bonds is 6. The van der Waals surface area contributed by atoms with Crippen LogP contribution in [-0.2, 0) is 19.4 Å². The minimum absolute atomic E-state index is 0. The fourth-order valence-corrected chi connectivity index (χ4v) is 3.20. The van der Waals surface area contributed by atoms with Crippen LogP contribution in [0.15, 0.2) is 41.5 Å². The zero-order valence-corrected chi connectivity index (χ0v) is 15.8. The topological polar surface area (TPSA) is 70.5 Å². The van der Waals surface area contributed by atoms with Crippen molar-refractivity contribution in [3.8, 4) is 11.5 Å². The Morgan fingerprint density at radius 3 is 2.35 bits per heavy atom. The number of hydrogen-bond donors (Lipinski definition) is 0. The van der Waals surface area contributed by atoms with E-state index in [4.69, 9.17) is 15.0 Å².